The van der Waals surface area contributed by atoms with Gasteiger partial charge in [0.05, 0.1) is 24.4 Å². The lowest BCUT2D eigenvalue weighted by molar-refractivity contribution is -0.148. The second-order valence-electron chi connectivity index (χ2n) is 22.6. The standard InChI is InChI=1S/C60H78N8O16/c1-32-30-68-50(51(32)74)58(81)65-56(79)46(73)29-44(61-40-15-9-37(10-16-40)38-13-19-43(20-14-38)84-26-25-66-23-21-36(22-24-66)27-35-7-5-4-6-8-35)54(77)62-47(33(2)69)59(82)67-31-42(72)28-45(67)55(78)64-49(57(80)63-48(34(3)70)60(68)83)53(76)52(75)39-11-17-41(71)18-12-39/h4-20,32-34,36,42,44-53,56,61,69-76,79H,21-31H2,1-3H3,(H,62,77)(H,63,80)(H,64,78)(H,65,81). The van der Waals surface area contributed by atoms with Crippen molar-refractivity contribution in [1.82, 2.24) is 36.0 Å². The zero-order valence-electron chi connectivity index (χ0n) is 47.1. The van der Waals surface area contributed by atoms with Crippen molar-refractivity contribution in [2.75, 3.05) is 44.6 Å². The van der Waals surface area contributed by atoms with Gasteiger partial charge in [0.25, 0.3) is 0 Å². The lowest BCUT2D eigenvalue weighted by Crippen LogP contribution is -2.64. The summed E-state index contributed by atoms with van der Waals surface area (Å²) in [7, 11) is 0. The maximum absolute atomic E-state index is 14.5. The third-order valence-corrected chi connectivity index (χ3v) is 16.3. The highest BCUT2D eigenvalue weighted by molar-refractivity contribution is 5.98. The monoisotopic (exact) mass is 1170 g/mol. The molecule has 0 aromatic heterocycles. The summed E-state index contributed by atoms with van der Waals surface area (Å²) < 4.78 is 6.11. The Hall–Kier alpha value is -7.26. The Balaban J connectivity index is 1.02. The summed E-state index contributed by atoms with van der Waals surface area (Å²) in [6, 6.07) is 18.6. The topological polar surface area (TPSA) is 364 Å². The number of aliphatic hydroxyl groups excluding tert-OH is 8. The van der Waals surface area contributed by atoms with Crippen LogP contribution < -0.4 is 31.3 Å². The van der Waals surface area contributed by atoms with Gasteiger partial charge >= 0.3 is 0 Å². The first-order valence-corrected chi connectivity index (χ1v) is 28.5. The van der Waals surface area contributed by atoms with Crippen LogP contribution in [0.4, 0.5) is 5.69 Å². The number of phenolic OH excluding ortho intramolecular Hbond substituents is 1. The van der Waals surface area contributed by atoms with Crippen LogP contribution >= 0.6 is 0 Å². The Bertz CT molecular complexity index is 2880. The number of benzene rings is 4. The molecule has 84 heavy (non-hydrogen) atoms. The van der Waals surface area contributed by atoms with Crippen LogP contribution in [0.2, 0.25) is 0 Å². The van der Waals surface area contributed by atoms with E-state index in [4.69, 9.17) is 4.74 Å². The van der Waals surface area contributed by atoms with Gasteiger partial charge in [0.1, 0.15) is 72.7 Å². The molecule has 454 valence electrons. The Morgan fingerprint density at radius 2 is 1.23 bits per heavy atom. The Labute approximate surface area is 486 Å². The number of ether oxygens (including phenoxy) is 1. The molecule has 15 unspecified atom stereocenters. The van der Waals surface area contributed by atoms with Crippen LogP contribution in [0.15, 0.2) is 103 Å². The first-order chi connectivity index (χ1) is 40.1. The summed E-state index contributed by atoms with van der Waals surface area (Å²) in [5.74, 6) is -6.70. The molecule has 6 amide bonds. The van der Waals surface area contributed by atoms with Crippen molar-refractivity contribution < 1.29 is 79.5 Å². The summed E-state index contributed by atoms with van der Waals surface area (Å²) in [4.78, 5) is 90.3. The molecule has 8 rings (SSSR count). The number of nitrogens with one attached hydrogen (secondary N) is 5. The fourth-order valence-corrected chi connectivity index (χ4v) is 11.4. The molecule has 4 heterocycles. The van der Waals surface area contributed by atoms with Crippen molar-refractivity contribution in [3.8, 4) is 22.6 Å². The second kappa shape index (κ2) is 28.1. The van der Waals surface area contributed by atoms with Crippen molar-refractivity contribution >= 4 is 41.1 Å². The van der Waals surface area contributed by atoms with Crippen molar-refractivity contribution in [2.24, 2.45) is 11.8 Å². The lowest BCUT2D eigenvalue weighted by atomic mass is 9.90. The van der Waals surface area contributed by atoms with E-state index in [0.717, 1.165) is 66.7 Å². The third kappa shape index (κ3) is 15.3. The molecule has 0 bridgehead atoms. The number of hydrogen-bond acceptors (Lipinski definition) is 18. The molecular weight excluding hydrogens is 1090 g/mol. The van der Waals surface area contributed by atoms with Crippen LogP contribution in [-0.2, 0) is 35.2 Å². The molecule has 4 aromatic carbocycles. The van der Waals surface area contributed by atoms with Gasteiger partial charge in [-0.25, -0.2) is 0 Å². The summed E-state index contributed by atoms with van der Waals surface area (Å²) in [6.45, 7) is 6.27. The molecule has 4 aliphatic rings. The largest absolute Gasteiger partial charge is 0.508 e. The number of fused-ring (bicyclic) bond motifs is 2. The van der Waals surface area contributed by atoms with Gasteiger partial charge in [-0.1, -0.05) is 73.7 Å². The number of anilines is 1. The Morgan fingerprint density at radius 1 is 0.643 bits per heavy atom. The molecule has 4 aromatic rings. The van der Waals surface area contributed by atoms with E-state index in [1.807, 2.05) is 30.3 Å². The van der Waals surface area contributed by atoms with E-state index in [1.165, 1.54) is 43.7 Å². The zero-order valence-corrected chi connectivity index (χ0v) is 47.1. The minimum Gasteiger partial charge on any atom is -0.508 e. The number of piperidine rings is 1. The Kier molecular flexibility index (Phi) is 21.0. The van der Waals surface area contributed by atoms with Crippen molar-refractivity contribution in [3.63, 3.8) is 0 Å². The summed E-state index contributed by atoms with van der Waals surface area (Å²) >= 11 is 0. The summed E-state index contributed by atoms with van der Waals surface area (Å²) in [6.07, 6.45) is -12.7. The van der Waals surface area contributed by atoms with E-state index in [-0.39, 0.29) is 17.9 Å². The van der Waals surface area contributed by atoms with Crippen LogP contribution in [0.3, 0.4) is 0 Å². The fourth-order valence-electron chi connectivity index (χ4n) is 11.4. The number of amides is 6. The van der Waals surface area contributed by atoms with E-state index in [1.54, 1.807) is 24.3 Å². The highest BCUT2D eigenvalue weighted by Gasteiger charge is 2.50. The van der Waals surface area contributed by atoms with Crippen LogP contribution in [-0.4, -0.2) is 215 Å². The van der Waals surface area contributed by atoms with Crippen LogP contribution in [0.1, 0.15) is 63.7 Å². The predicted molar refractivity (Wildman–Crippen MR) is 304 cm³/mol. The van der Waals surface area contributed by atoms with Gasteiger partial charge in [-0.15, -0.1) is 0 Å². The average Bonchev–Trinajstić information content (AvgIpc) is 4.09. The first-order valence-electron chi connectivity index (χ1n) is 28.5. The lowest BCUT2D eigenvalue weighted by Gasteiger charge is -2.34. The number of phenols is 1. The molecule has 0 saturated carbocycles. The summed E-state index contributed by atoms with van der Waals surface area (Å²) in [5.41, 5.74) is 3.23. The fraction of sp³-hybridized carbons (Fsp3) is 0.500. The minimum absolute atomic E-state index is 0.0540. The van der Waals surface area contributed by atoms with Crippen LogP contribution in [0, 0.1) is 11.8 Å². The SMILES string of the molecule is CC(O)C1NC(=O)C(Nc2ccc(-c3ccc(OCCN4CCC(Cc5ccccc5)CC4)cc3)cc2)CC(O)C(O)NC(=O)C2C(O)C(C)CN2C(=O)C(C(C)O)NC(=O)C(C(O)C(O)c2ccc(O)cc2)NC(=O)C2CC(O)CN2C1=O. The first kappa shape index (κ1) is 62.8. The quantitative estimate of drug-likeness (QED) is 0.0709. The van der Waals surface area contributed by atoms with Crippen molar-refractivity contribution in [2.45, 2.75) is 138 Å². The van der Waals surface area contributed by atoms with E-state index in [9.17, 15) is 74.7 Å². The molecule has 14 N–H and O–H groups in total. The maximum Gasteiger partial charge on any atom is 0.248 e. The number of nitrogens with zero attached hydrogens (tertiary/aromatic N) is 3. The van der Waals surface area contributed by atoms with Crippen LogP contribution in [0.25, 0.3) is 11.1 Å². The highest BCUT2D eigenvalue weighted by atomic mass is 16.5. The molecule has 0 radical (unpaired) electrons. The molecular formula is C60H78N8O16. The molecule has 4 aliphatic heterocycles. The number of aromatic hydroxyl groups is 1. The summed E-state index contributed by atoms with van der Waals surface area (Å²) in [5, 5.41) is 112. The normalized spacial score (nSPS) is 28.8. The molecule has 24 nitrogen and oxygen atoms in total. The van der Waals surface area contributed by atoms with E-state index >= 15 is 0 Å². The van der Waals surface area contributed by atoms with E-state index in [2.05, 4.69) is 55.7 Å². The second-order valence-corrected chi connectivity index (χ2v) is 22.6. The molecule has 24 heteroatoms. The van der Waals surface area contributed by atoms with Gasteiger partial charge in [-0.05, 0) is 111 Å². The number of rotatable bonds is 14. The molecule has 4 saturated heterocycles. The van der Waals surface area contributed by atoms with Gasteiger partial charge in [0, 0.05) is 44.1 Å². The predicted octanol–water partition coefficient (Wildman–Crippen LogP) is -1.15. The molecule has 4 fully saturated rings. The van der Waals surface area contributed by atoms with Gasteiger partial charge in [-0.3, -0.25) is 33.7 Å². The molecule has 15 atom stereocenters. The number of carbonyl (C=O) groups is 6. The number of aliphatic hydroxyl groups is 8. The van der Waals surface area contributed by atoms with Crippen molar-refractivity contribution in [3.05, 3.63) is 114 Å². The zero-order chi connectivity index (χ0) is 60.5. The average molecular weight is 1170 g/mol. The number of hydrogen-bond donors (Lipinski definition) is 14. The minimum atomic E-state index is -2.27. The van der Waals surface area contributed by atoms with Crippen LogP contribution in [0.5, 0.6) is 11.5 Å². The van der Waals surface area contributed by atoms with Gasteiger partial charge in [0.2, 0.25) is 35.4 Å². The number of carbonyl (C=O) groups excluding carboxylic acids is 6. The van der Waals surface area contributed by atoms with E-state index in [0.29, 0.717) is 24.0 Å². The van der Waals surface area contributed by atoms with Crippen molar-refractivity contribution in [1.29, 1.82) is 0 Å². The number of likely N-dealkylation sites (tertiary alicyclic amines) is 1. The maximum atomic E-state index is 14.5. The van der Waals surface area contributed by atoms with E-state index < -0.39 is 146 Å². The Morgan fingerprint density at radius 3 is 1.85 bits per heavy atom. The van der Waals surface area contributed by atoms with Gasteiger partial charge < -0.3 is 87.1 Å². The van der Waals surface area contributed by atoms with Gasteiger partial charge in [0.15, 0.2) is 6.23 Å². The highest BCUT2D eigenvalue weighted by Crippen LogP contribution is 2.30. The third-order valence-electron chi connectivity index (χ3n) is 16.3. The molecule has 0 aliphatic carbocycles. The molecule has 0 spiro atoms. The van der Waals surface area contributed by atoms with Gasteiger partial charge in [-0.2, -0.15) is 0 Å². The smallest absolute Gasteiger partial charge is 0.248 e.